The molecule has 0 unspecified atom stereocenters. The van der Waals surface area contributed by atoms with Crippen molar-refractivity contribution in [3.8, 4) is 11.4 Å². The highest BCUT2D eigenvalue weighted by atomic mass is 32.2. The van der Waals surface area contributed by atoms with Gasteiger partial charge in [0, 0.05) is 55.3 Å². The number of anilines is 3. The van der Waals surface area contributed by atoms with Crippen LogP contribution in [0.15, 0.2) is 53.7 Å². The largest absolute Gasteiger partial charge is 0.372 e. The molecule has 0 radical (unpaired) electrons. The zero-order chi connectivity index (χ0) is 23.9. The Balaban J connectivity index is 1.36. The highest BCUT2D eigenvalue weighted by Crippen LogP contribution is 2.27. The Labute approximate surface area is 206 Å². The molecule has 1 fully saturated rings. The molecule has 180 valence electrons. The average molecular weight is 479 g/mol. The van der Waals surface area contributed by atoms with Crippen LogP contribution in [0.4, 0.5) is 17.1 Å². The minimum atomic E-state index is -0.0466. The maximum absolute atomic E-state index is 12.6. The number of hydrogen-bond acceptors (Lipinski definition) is 6. The third-order valence-electron chi connectivity index (χ3n) is 6.24. The van der Waals surface area contributed by atoms with Crippen molar-refractivity contribution >= 4 is 34.7 Å². The lowest BCUT2D eigenvalue weighted by Gasteiger charge is -2.21. The van der Waals surface area contributed by atoms with Gasteiger partial charge in [0.25, 0.3) is 0 Å². The molecule has 1 aliphatic rings. The SMILES string of the molecule is CCN(CC)c1ccc(-c2nnc(SCC(=O)Nc3ccc(N4CCCC4)cc3)n2CC)cc1. The smallest absolute Gasteiger partial charge is 0.234 e. The second kappa shape index (κ2) is 11.4. The molecule has 34 heavy (non-hydrogen) atoms. The molecule has 2 aromatic carbocycles. The topological polar surface area (TPSA) is 66.3 Å². The molecular formula is C26H34N6OS. The lowest BCUT2D eigenvalue weighted by atomic mass is 10.2. The van der Waals surface area contributed by atoms with Crippen LogP contribution in [0.2, 0.25) is 0 Å². The summed E-state index contributed by atoms with van der Waals surface area (Å²) in [7, 11) is 0. The zero-order valence-corrected chi connectivity index (χ0v) is 21.1. The second-order valence-electron chi connectivity index (χ2n) is 8.35. The molecule has 1 saturated heterocycles. The van der Waals surface area contributed by atoms with Gasteiger partial charge in [-0.2, -0.15) is 0 Å². The van der Waals surface area contributed by atoms with E-state index in [1.54, 1.807) is 0 Å². The van der Waals surface area contributed by atoms with Gasteiger partial charge in [0.05, 0.1) is 5.75 Å². The van der Waals surface area contributed by atoms with Crippen LogP contribution in [0, 0.1) is 0 Å². The number of aromatic nitrogens is 3. The molecule has 0 spiro atoms. The molecule has 7 nitrogen and oxygen atoms in total. The van der Waals surface area contributed by atoms with E-state index in [-0.39, 0.29) is 11.7 Å². The molecule has 0 bridgehead atoms. The Bertz CT molecular complexity index is 1070. The number of benzene rings is 2. The van der Waals surface area contributed by atoms with E-state index in [2.05, 4.69) is 87.1 Å². The van der Waals surface area contributed by atoms with Crippen molar-refractivity contribution in [2.45, 2.75) is 45.3 Å². The predicted molar refractivity (Wildman–Crippen MR) is 142 cm³/mol. The number of thioether (sulfide) groups is 1. The number of rotatable bonds is 10. The summed E-state index contributed by atoms with van der Waals surface area (Å²) in [5.74, 6) is 1.07. The van der Waals surface area contributed by atoms with Crippen molar-refractivity contribution in [2.75, 3.05) is 47.0 Å². The molecule has 8 heteroatoms. The monoisotopic (exact) mass is 478 g/mol. The third-order valence-corrected chi connectivity index (χ3v) is 7.21. The highest BCUT2D eigenvalue weighted by Gasteiger charge is 2.16. The van der Waals surface area contributed by atoms with Gasteiger partial charge in [-0.15, -0.1) is 10.2 Å². The molecule has 0 saturated carbocycles. The van der Waals surface area contributed by atoms with Crippen LogP contribution in [0.5, 0.6) is 0 Å². The van der Waals surface area contributed by atoms with Crippen molar-refractivity contribution in [3.63, 3.8) is 0 Å². The van der Waals surface area contributed by atoms with E-state index in [1.165, 1.54) is 36.0 Å². The Hall–Kier alpha value is -3.00. The standard InChI is InChI=1S/C26H34N6OS/c1-4-30(5-2)22-13-9-20(10-14-22)25-28-29-26(32(25)6-3)34-19-24(33)27-21-11-15-23(16-12-21)31-17-7-8-18-31/h9-16H,4-8,17-19H2,1-3H3,(H,27,33). The summed E-state index contributed by atoms with van der Waals surface area (Å²) in [6.07, 6.45) is 2.50. The number of carbonyl (C=O) groups is 1. The van der Waals surface area contributed by atoms with E-state index < -0.39 is 0 Å². The van der Waals surface area contributed by atoms with Gasteiger partial charge in [-0.05, 0) is 82.1 Å². The molecule has 1 amide bonds. The minimum absolute atomic E-state index is 0.0466. The first kappa shape index (κ1) is 24.1. The molecular weight excluding hydrogens is 444 g/mol. The average Bonchev–Trinajstić information content (AvgIpc) is 3.55. The number of carbonyl (C=O) groups excluding carboxylic acids is 1. The number of hydrogen-bond donors (Lipinski definition) is 1. The van der Waals surface area contributed by atoms with E-state index in [1.807, 2.05) is 12.1 Å². The Morgan fingerprint density at radius 1 is 0.971 bits per heavy atom. The highest BCUT2D eigenvalue weighted by molar-refractivity contribution is 7.99. The Kier molecular flexibility index (Phi) is 8.11. The van der Waals surface area contributed by atoms with E-state index in [4.69, 9.17) is 0 Å². The molecule has 1 aromatic heterocycles. The summed E-state index contributed by atoms with van der Waals surface area (Å²) < 4.78 is 2.06. The molecule has 4 rings (SSSR count). The lowest BCUT2D eigenvalue weighted by Crippen LogP contribution is -2.21. The van der Waals surface area contributed by atoms with E-state index in [0.29, 0.717) is 0 Å². The van der Waals surface area contributed by atoms with Gasteiger partial charge in [0.15, 0.2) is 11.0 Å². The fourth-order valence-corrected chi connectivity index (χ4v) is 5.16. The summed E-state index contributed by atoms with van der Waals surface area (Å²) in [6.45, 7) is 11.3. The first-order valence-corrected chi connectivity index (χ1v) is 13.2. The van der Waals surface area contributed by atoms with Crippen LogP contribution in [0.25, 0.3) is 11.4 Å². The fraction of sp³-hybridized carbons (Fsp3) is 0.423. The van der Waals surface area contributed by atoms with E-state index in [0.717, 1.165) is 55.0 Å². The van der Waals surface area contributed by atoms with Crippen LogP contribution < -0.4 is 15.1 Å². The fourth-order valence-electron chi connectivity index (χ4n) is 4.36. The van der Waals surface area contributed by atoms with Gasteiger partial charge in [0.1, 0.15) is 0 Å². The number of nitrogens with zero attached hydrogens (tertiary/aromatic N) is 5. The zero-order valence-electron chi connectivity index (χ0n) is 20.3. The third kappa shape index (κ3) is 5.55. The van der Waals surface area contributed by atoms with Gasteiger partial charge < -0.3 is 19.7 Å². The summed E-state index contributed by atoms with van der Waals surface area (Å²) in [6, 6.07) is 16.6. The number of amides is 1. The molecule has 1 aliphatic heterocycles. The molecule has 3 aromatic rings. The summed E-state index contributed by atoms with van der Waals surface area (Å²) in [4.78, 5) is 17.3. The molecule has 2 heterocycles. The maximum atomic E-state index is 12.6. The first-order chi connectivity index (χ1) is 16.6. The van der Waals surface area contributed by atoms with Gasteiger partial charge in [-0.1, -0.05) is 11.8 Å². The summed E-state index contributed by atoms with van der Waals surface area (Å²) >= 11 is 1.41. The van der Waals surface area contributed by atoms with Crippen molar-refractivity contribution in [2.24, 2.45) is 0 Å². The van der Waals surface area contributed by atoms with Crippen LogP contribution in [-0.4, -0.2) is 52.6 Å². The molecule has 1 N–H and O–H groups in total. The van der Waals surface area contributed by atoms with E-state index in [9.17, 15) is 4.79 Å². The lowest BCUT2D eigenvalue weighted by molar-refractivity contribution is -0.113. The normalized spacial score (nSPS) is 13.3. The van der Waals surface area contributed by atoms with Gasteiger partial charge in [-0.25, -0.2) is 0 Å². The number of nitrogens with one attached hydrogen (secondary N) is 1. The van der Waals surface area contributed by atoms with Gasteiger partial charge in [0.2, 0.25) is 5.91 Å². The quantitative estimate of drug-likeness (QED) is 0.407. The van der Waals surface area contributed by atoms with E-state index >= 15 is 0 Å². The maximum Gasteiger partial charge on any atom is 0.234 e. The van der Waals surface area contributed by atoms with Crippen molar-refractivity contribution < 1.29 is 4.79 Å². The first-order valence-electron chi connectivity index (χ1n) is 12.2. The summed E-state index contributed by atoms with van der Waals surface area (Å²) in [5.41, 5.74) is 4.27. The van der Waals surface area contributed by atoms with Crippen LogP contribution in [0.1, 0.15) is 33.6 Å². The van der Waals surface area contributed by atoms with Crippen LogP contribution >= 0.6 is 11.8 Å². The second-order valence-corrected chi connectivity index (χ2v) is 9.29. The molecule has 0 atom stereocenters. The van der Waals surface area contributed by atoms with Crippen molar-refractivity contribution in [3.05, 3.63) is 48.5 Å². The predicted octanol–water partition coefficient (Wildman–Crippen LogP) is 5.14. The molecule has 0 aliphatic carbocycles. The van der Waals surface area contributed by atoms with Gasteiger partial charge >= 0.3 is 0 Å². The van der Waals surface area contributed by atoms with Crippen molar-refractivity contribution in [1.82, 2.24) is 14.8 Å². The van der Waals surface area contributed by atoms with Crippen molar-refractivity contribution in [1.29, 1.82) is 0 Å². The summed E-state index contributed by atoms with van der Waals surface area (Å²) in [5, 5.41) is 12.5. The van der Waals surface area contributed by atoms with Crippen LogP contribution in [0.3, 0.4) is 0 Å². The Morgan fingerprint density at radius 3 is 2.26 bits per heavy atom. The van der Waals surface area contributed by atoms with Gasteiger partial charge in [-0.3, -0.25) is 4.79 Å². The minimum Gasteiger partial charge on any atom is -0.372 e. The Morgan fingerprint density at radius 2 is 1.65 bits per heavy atom. The van der Waals surface area contributed by atoms with Crippen LogP contribution in [-0.2, 0) is 11.3 Å².